The first-order valence-electron chi connectivity index (χ1n) is 9.52. The molecule has 2 N–H and O–H groups in total. The molecule has 0 aromatic heterocycles. The van der Waals surface area contributed by atoms with Crippen LogP contribution in [0, 0.1) is 11.3 Å². The Balaban J connectivity index is 0.00000156. The third kappa shape index (κ3) is 3.12. The van der Waals surface area contributed by atoms with E-state index in [1.54, 1.807) is 0 Å². The highest BCUT2D eigenvalue weighted by Crippen LogP contribution is 2.62. The number of aliphatic imine (C=N–C) groups is 1. The Labute approximate surface area is 157 Å². The standard InChI is InChI=1S/C18H31N3O.HI/c1-2-19-17(20-13-7-4-3-5-8-13)21-15-14-9-12-22-16(14)18(15)10-6-11-18;/h13-16H,2-12H2,1H3,(H2,19,20,21);1H. The molecule has 1 aliphatic heterocycles. The molecule has 0 aromatic carbocycles. The summed E-state index contributed by atoms with van der Waals surface area (Å²) in [5, 5.41) is 7.54. The van der Waals surface area contributed by atoms with Gasteiger partial charge in [-0.05, 0) is 39.0 Å². The van der Waals surface area contributed by atoms with Gasteiger partial charge in [-0.15, -0.1) is 24.0 Å². The number of guanidine groups is 1. The molecule has 4 aliphatic rings. The topological polar surface area (TPSA) is 45.7 Å². The Morgan fingerprint density at radius 2 is 1.87 bits per heavy atom. The second-order valence-electron chi connectivity index (χ2n) is 7.75. The zero-order chi connectivity index (χ0) is 15.0. The second-order valence-corrected chi connectivity index (χ2v) is 7.75. The van der Waals surface area contributed by atoms with Crippen LogP contribution in [0.1, 0.15) is 64.7 Å². The summed E-state index contributed by atoms with van der Waals surface area (Å²) in [7, 11) is 0. The van der Waals surface area contributed by atoms with Crippen LogP contribution in [0.5, 0.6) is 0 Å². The fourth-order valence-electron chi connectivity index (χ4n) is 5.33. The van der Waals surface area contributed by atoms with Gasteiger partial charge in [0.1, 0.15) is 0 Å². The number of fused-ring (bicyclic) bond motifs is 2. The molecule has 3 saturated carbocycles. The average molecular weight is 433 g/mol. The molecule has 0 radical (unpaired) electrons. The van der Waals surface area contributed by atoms with Gasteiger partial charge in [-0.3, -0.25) is 4.99 Å². The quantitative estimate of drug-likeness (QED) is 0.407. The first kappa shape index (κ1) is 17.8. The number of rotatable bonds is 3. The van der Waals surface area contributed by atoms with E-state index in [0.29, 0.717) is 23.6 Å². The van der Waals surface area contributed by atoms with Crippen molar-refractivity contribution < 1.29 is 4.74 Å². The van der Waals surface area contributed by atoms with Crippen molar-refractivity contribution in [2.24, 2.45) is 16.3 Å². The molecule has 3 atom stereocenters. The second kappa shape index (κ2) is 7.46. The maximum Gasteiger partial charge on any atom is 0.191 e. The Kier molecular flexibility index (Phi) is 5.76. The molecule has 4 rings (SSSR count). The third-order valence-electron chi connectivity index (χ3n) is 6.59. The lowest BCUT2D eigenvalue weighted by Gasteiger charge is -2.63. The molecular weight excluding hydrogens is 401 g/mol. The third-order valence-corrected chi connectivity index (χ3v) is 6.59. The number of hydrogen-bond acceptors (Lipinski definition) is 2. The molecule has 4 nitrogen and oxygen atoms in total. The van der Waals surface area contributed by atoms with Crippen LogP contribution in [-0.4, -0.2) is 37.3 Å². The van der Waals surface area contributed by atoms with Gasteiger partial charge in [-0.25, -0.2) is 0 Å². The summed E-state index contributed by atoms with van der Waals surface area (Å²) in [4.78, 5) is 4.73. The van der Waals surface area contributed by atoms with E-state index in [1.165, 1.54) is 57.8 Å². The molecule has 23 heavy (non-hydrogen) atoms. The SMILES string of the molecule is CCN=C(NC1CCCCC1)NC1C2CCOC2C12CCC2.I. The van der Waals surface area contributed by atoms with E-state index in [2.05, 4.69) is 17.6 Å². The summed E-state index contributed by atoms with van der Waals surface area (Å²) < 4.78 is 6.03. The summed E-state index contributed by atoms with van der Waals surface area (Å²) >= 11 is 0. The van der Waals surface area contributed by atoms with Gasteiger partial charge in [0.15, 0.2) is 5.96 Å². The van der Waals surface area contributed by atoms with Crippen molar-refractivity contribution in [2.45, 2.75) is 82.9 Å². The molecule has 0 amide bonds. The number of ether oxygens (including phenoxy) is 1. The molecular formula is C18H32IN3O. The van der Waals surface area contributed by atoms with Crippen molar-refractivity contribution in [2.75, 3.05) is 13.2 Å². The average Bonchev–Trinajstić information content (AvgIpc) is 2.89. The van der Waals surface area contributed by atoms with E-state index in [1.807, 2.05) is 0 Å². The minimum atomic E-state index is 0. The van der Waals surface area contributed by atoms with Crippen LogP contribution in [0.15, 0.2) is 4.99 Å². The minimum absolute atomic E-state index is 0. The summed E-state index contributed by atoms with van der Waals surface area (Å²) in [6, 6.07) is 1.22. The Hall–Kier alpha value is -0.0400. The van der Waals surface area contributed by atoms with Crippen LogP contribution in [0.2, 0.25) is 0 Å². The molecule has 5 heteroatoms. The lowest BCUT2D eigenvalue weighted by atomic mass is 9.46. The van der Waals surface area contributed by atoms with Gasteiger partial charge in [-0.1, -0.05) is 25.7 Å². The molecule has 1 spiro atoms. The maximum atomic E-state index is 6.03. The minimum Gasteiger partial charge on any atom is -0.377 e. The van der Waals surface area contributed by atoms with Crippen molar-refractivity contribution in [1.82, 2.24) is 10.6 Å². The van der Waals surface area contributed by atoms with Crippen molar-refractivity contribution in [3.63, 3.8) is 0 Å². The van der Waals surface area contributed by atoms with Crippen LogP contribution in [0.25, 0.3) is 0 Å². The molecule has 0 aromatic rings. The summed E-state index contributed by atoms with van der Waals surface area (Å²) in [6.45, 7) is 3.95. The highest BCUT2D eigenvalue weighted by atomic mass is 127. The van der Waals surface area contributed by atoms with E-state index < -0.39 is 0 Å². The number of hydrogen-bond donors (Lipinski definition) is 2. The van der Waals surface area contributed by atoms with E-state index >= 15 is 0 Å². The molecule has 0 bridgehead atoms. The predicted octanol–water partition coefficient (Wildman–Crippen LogP) is 3.45. The van der Waals surface area contributed by atoms with Crippen LogP contribution < -0.4 is 10.6 Å². The molecule has 3 aliphatic carbocycles. The maximum absolute atomic E-state index is 6.03. The zero-order valence-corrected chi connectivity index (χ0v) is 16.7. The van der Waals surface area contributed by atoms with Crippen molar-refractivity contribution in [3.8, 4) is 0 Å². The number of halogens is 1. The highest BCUT2D eigenvalue weighted by molar-refractivity contribution is 14.0. The van der Waals surface area contributed by atoms with Crippen molar-refractivity contribution in [3.05, 3.63) is 0 Å². The molecule has 3 unspecified atom stereocenters. The molecule has 1 saturated heterocycles. The largest absolute Gasteiger partial charge is 0.377 e. The van der Waals surface area contributed by atoms with E-state index in [9.17, 15) is 0 Å². The van der Waals surface area contributed by atoms with E-state index in [-0.39, 0.29) is 24.0 Å². The van der Waals surface area contributed by atoms with Gasteiger partial charge < -0.3 is 15.4 Å². The van der Waals surface area contributed by atoms with Gasteiger partial charge >= 0.3 is 0 Å². The highest BCUT2D eigenvalue weighted by Gasteiger charge is 2.66. The van der Waals surface area contributed by atoms with Gasteiger partial charge in [0.05, 0.1) is 6.10 Å². The number of nitrogens with one attached hydrogen (secondary N) is 2. The fourth-order valence-corrected chi connectivity index (χ4v) is 5.33. The predicted molar refractivity (Wildman–Crippen MR) is 104 cm³/mol. The van der Waals surface area contributed by atoms with Gasteiger partial charge in [-0.2, -0.15) is 0 Å². The lowest BCUT2D eigenvalue weighted by molar-refractivity contribution is -0.171. The Morgan fingerprint density at radius 3 is 2.52 bits per heavy atom. The van der Waals surface area contributed by atoms with Crippen LogP contribution in [0.3, 0.4) is 0 Å². The summed E-state index contributed by atoms with van der Waals surface area (Å²) in [5.74, 6) is 1.78. The first-order chi connectivity index (χ1) is 10.8. The van der Waals surface area contributed by atoms with Crippen LogP contribution >= 0.6 is 24.0 Å². The van der Waals surface area contributed by atoms with Gasteiger partial charge in [0.25, 0.3) is 0 Å². The summed E-state index contributed by atoms with van der Waals surface area (Å²) in [6.07, 6.45) is 12.6. The normalized spacial score (nSPS) is 35.7. The van der Waals surface area contributed by atoms with E-state index in [4.69, 9.17) is 9.73 Å². The summed E-state index contributed by atoms with van der Waals surface area (Å²) in [5.41, 5.74) is 0.434. The number of nitrogens with zero attached hydrogens (tertiary/aromatic N) is 1. The van der Waals surface area contributed by atoms with Crippen LogP contribution in [-0.2, 0) is 4.74 Å². The molecule has 4 fully saturated rings. The monoisotopic (exact) mass is 433 g/mol. The smallest absolute Gasteiger partial charge is 0.191 e. The Morgan fingerprint density at radius 1 is 1.09 bits per heavy atom. The van der Waals surface area contributed by atoms with Gasteiger partial charge in [0.2, 0.25) is 0 Å². The zero-order valence-electron chi connectivity index (χ0n) is 14.4. The van der Waals surface area contributed by atoms with Crippen molar-refractivity contribution in [1.29, 1.82) is 0 Å². The van der Waals surface area contributed by atoms with Crippen LogP contribution in [0.4, 0.5) is 0 Å². The first-order valence-corrected chi connectivity index (χ1v) is 9.52. The fraction of sp³-hybridized carbons (Fsp3) is 0.944. The van der Waals surface area contributed by atoms with Gasteiger partial charge in [0, 0.05) is 36.6 Å². The van der Waals surface area contributed by atoms with E-state index in [0.717, 1.165) is 25.0 Å². The Bertz CT molecular complexity index is 432. The molecule has 132 valence electrons. The lowest BCUT2D eigenvalue weighted by Crippen LogP contribution is -2.72. The molecule has 1 heterocycles. The van der Waals surface area contributed by atoms with Crippen molar-refractivity contribution >= 4 is 29.9 Å².